The summed E-state index contributed by atoms with van der Waals surface area (Å²) in [7, 11) is -1.07. The Labute approximate surface area is 92.1 Å². The summed E-state index contributed by atoms with van der Waals surface area (Å²) in [6, 6.07) is 8.25. The highest BCUT2D eigenvalue weighted by atomic mass is 35.5. The van der Waals surface area contributed by atoms with Gasteiger partial charge in [-0.2, -0.15) is 0 Å². The number of rotatable bonds is 5. The van der Waals surface area contributed by atoms with E-state index in [2.05, 4.69) is 25.6 Å². The first kappa shape index (κ1) is 11.5. The Morgan fingerprint density at radius 1 is 1.50 bits per heavy atom. The number of alkyl halides is 1. The van der Waals surface area contributed by atoms with Gasteiger partial charge in [0, 0.05) is 12.5 Å². The summed E-state index contributed by atoms with van der Waals surface area (Å²) in [5.41, 5.74) is 3.16. The van der Waals surface area contributed by atoms with E-state index in [1.165, 1.54) is 10.8 Å². The summed E-state index contributed by atoms with van der Waals surface area (Å²) in [6.45, 7) is 6.49. The molecule has 0 atom stereocenters. The van der Waals surface area contributed by atoms with Gasteiger partial charge >= 0.3 is 0 Å². The van der Waals surface area contributed by atoms with E-state index in [-0.39, 0.29) is 0 Å². The second kappa shape index (κ2) is 6.01. The normalized spacial score (nSPS) is 10.5. The predicted molar refractivity (Wildman–Crippen MR) is 63.4 cm³/mol. The molecule has 1 rings (SSSR count). The minimum atomic E-state index is -1.07. The van der Waals surface area contributed by atoms with Crippen molar-refractivity contribution in [3.8, 4) is 0 Å². The maximum atomic E-state index is 5.66. The van der Waals surface area contributed by atoms with Crippen LogP contribution in [0.15, 0.2) is 36.5 Å². The van der Waals surface area contributed by atoms with E-state index in [0.717, 1.165) is 0 Å². The first-order valence-corrected chi connectivity index (χ1v) is 6.55. The molecule has 0 aliphatic carbocycles. The number of halogens is 1. The number of hydrogen-bond donors (Lipinski definition) is 0. The summed E-state index contributed by atoms with van der Waals surface area (Å²) >= 11 is 5.59. The maximum absolute atomic E-state index is 5.66. The molecule has 0 bridgehead atoms. The Hall–Kier alpha value is -0.573. The molecule has 0 saturated heterocycles. The molecule has 0 aliphatic rings. The van der Waals surface area contributed by atoms with E-state index in [1.54, 1.807) is 0 Å². The fraction of sp³-hybridized carbons (Fsp3) is 0.273. The van der Waals surface area contributed by atoms with Crippen molar-refractivity contribution in [2.24, 2.45) is 0 Å². The summed E-state index contributed by atoms with van der Waals surface area (Å²) in [5, 5.41) is 1.26. The van der Waals surface area contributed by atoms with Gasteiger partial charge in [-0.25, -0.2) is 0 Å². The minimum Gasteiger partial charge on any atom is -0.407 e. The second-order valence-electron chi connectivity index (χ2n) is 2.92. The fourth-order valence-electron chi connectivity index (χ4n) is 1.24. The number of benzene rings is 1. The Kier molecular flexibility index (Phi) is 4.94. The standard InChI is InChI=1S/C11H14ClOSi/c1-3-14(13-9-8-12)11-7-5-4-6-10(11)2/h3-7H,1,8-9H2,2H3. The van der Waals surface area contributed by atoms with Crippen LogP contribution in [-0.2, 0) is 4.43 Å². The van der Waals surface area contributed by atoms with Crippen LogP contribution < -0.4 is 5.19 Å². The lowest BCUT2D eigenvalue weighted by Crippen LogP contribution is -2.34. The molecule has 14 heavy (non-hydrogen) atoms. The molecule has 0 fully saturated rings. The zero-order valence-corrected chi connectivity index (χ0v) is 10.1. The van der Waals surface area contributed by atoms with E-state index >= 15 is 0 Å². The lowest BCUT2D eigenvalue weighted by molar-refractivity contribution is 0.360. The monoisotopic (exact) mass is 225 g/mol. The van der Waals surface area contributed by atoms with E-state index in [1.807, 2.05) is 17.8 Å². The van der Waals surface area contributed by atoms with Crippen LogP contribution >= 0.6 is 11.6 Å². The third kappa shape index (κ3) is 2.98. The van der Waals surface area contributed by atoms with Crippen LogP contribution in [0.4, 0.5) is 0 Å². The molecule has 1 aromatic carbocycles. The van der Waals surface area contributed by atoms with Gasteiger partial charge in [0.25, 0.3) is 9.04 Å². The highest BCUT2D eigenvalue weighted by molar-refractivity contribution is 6.72. The van der Waals surface area contributed by atoms with Crippen molar-refractivity contribution in [3.05, 3.63) is 42.1 Å². The lowest BCUT2D eigenvalue weighted by atomic mass is 10.2. The fourth-order valence-corrected chi connectivity index (χ4v) is 3.00. The van der Waals surface area contributed by atoms with Crippen LogP contribution in [0.3, 0.4) is 0 Å². The van der Waals surface area contributed by atoms with Gasteiger partial charge < -0.3 is 4.43 Å². The van der Waals surface area contributed by atoms with E-state index in [0.29, 0.717) is 12.5 Å². The Bertz CT molecular complexity index is 301. The van der Waals surface area contributed by atoms with E-state index in [4.69, 9.17) is 16.0 Å². The SMILES string of the molecule is C=C[Si](OCCCl)c1ccccc1C. The topological polar surface area (TPSA) is 9.23 Å². The molecule has 3 heteroatoms. The van der Waals surface area contributed by atoms with Crippen LogP contribution in [0.25, 0.3) is 0 Å². The Balaban J connectivity index is 2.78. The average Bonchev–Trinajstić information content (AvgIpc) is 2.21. The van der Waals surface area contributed by atoms with Crippen molar-refractivity contribution in [2.75, 3.05) is 12.5 Å². The first-order chi connectivity index (χ1) is 6.79. The molecule has 1 nitrogen and oxygen atoms in total. The van der Waals surface area contributed by atoms with Crippen LogP contribution in [0, 0.1) is 6.92 Å². The summed E-state index contributed by atoms with van der Waals surface area (Å²) < 4.78 is 5.66. The van der Waals surface area contributed by atoms with Gasteiger partial charge in [0.05, 0.1) is 0 Å². The molecule has 1 aromatic rings. The molecule has 0 amide bonds. The lowest BCUT2D eigenvalue weighted by Gasteiger charge is -2.12. The smallest absolute Gasteiger partial charge is 0.274 e. The Morgan fingerprint density at radius 2 is 2.21 bits per heavy atom. The molecule has 0 heterocycles. The van der Waals surface area contributed by atoms with E-state index < -0.39 is 9.04 Å². The second-order valence-corrected chi connectivity index (χ2v) is 5.26. The summed E-state index contributed by atoms with van der Waals surface area (Å²) in [6.07, 6.45) is 0. The van der Waals surface area contributed by atoms with Crippen molar-refractivity contribution in [3.63, 3.8) is 0 Å². The van der Waals surface area contributed by atoms with Gasteiger partial charge in [-0.3, -0.25) is 0 Å². The molecule has 0 aromatic heterocycles. The molecule has 0 aliphatic heterocycles. The van der Waals surface area contributed by atoms with Gasteiger partial charge in [0.15, 0.2) is 0 Å². The van der Waals surface area contributed by atoms with Crippen molar-refractivity contribution in [2.45, 2.75) is 6.92 Å². The molecule has 75 valence electrons. The molecule has 0 N–H and O–H groups in total. The molecule has 0 spiro atoms. The molecule has 0 saturated carbocycles. The van der Waals surface area contributed by atoms with Gasteiger partial charge in [0.1, 0.15) is 0 Å². The highest BCUT2D eigenvalue weighted by Crippen LogP contribution is 1.98. The molecule has 1 radical (unpaired) electrons. The van der Waals surface area contributed by atoms with Crippen LogP contribution in [0.2, 0.25) is 0 Å². The first-order valence-electron chi connectivity index (χ1n) is 4.53. The highest BCUT2D eigenvalue weighted by Gasteiger charge is 2.13. The van der Waals surface area contributed by atoms with Crippen molar-refractivity contribution in [1.82, 2.24) is 0 Å². The zero-order valence-electron chi connectivity index (χ0n) is 8.29. The van der Waals surface area contributed by atoms with Crippen LogP contribution in [0.5, 0.6) is 0 Å². The van der Waals surface area contributed by atoms with Crippen LogP contribution in [-0.4, -0.2) is 21.5 Å². The van der Waals surface area contributed by atoms with Gasteiger partial charge in [-0.1, -0.05) is 30.0 Å². The summed E-state index contributed by atoms with van der Waals surface area (Å²) in [5.74, 6) is 0.536. The van der Waals surface area contributed by atoms with Gasteiger partial charge in [0.2, 0.25) is 0 Å². The largest absolute Gasteiger partial charge is 0.407 e. The predicted octanol–water partition coefficient (Wildman–Crippen LogP) is 2.17. The van der Waals surface area contributed by atoms with Crippen LogP contribution in [0.1, 0.15) is 5.56 Å². The van der Waals surface area contributed by atoms with Crippen molar-refractivity contribution >= 4 is 25.8 Å². The number of hydrogen-bond acceptors (Lipinski definition) is 1. The van der Waals surface area contributed by atoms with Gasteiger partial charge in [-0.05, 0) is 17.7 Å². The molecular formula is C11H14ClOSi. The average molecular weight is 226 g/mol. The third-order valence-electron chi connectivity index (χ3n) is 1.93. The third-order valence-corrected chi connectivity index (χ3v) is 4.06. The van der Waals surface area contributed by atoms with E-state index in [9.17, 15) is 0 Å². The quantitative estimate of drug-likeness (QED) is 0.552. The van der Waals surface area contributed by atoms with Crippen molar-refractivity contribution < 1.29 is 4.43 Å². The molecule has 0 unspecified atom stereocenters. The number of aryl methyl sites for hydroxylation is 1. The van der Waals surface area contributed by atoms with Gasteiger partial charge in [-0.15, -0.1) is 18.2 Å². The zero-order chi connectivity index (χ0) is 10.4. The maximum Gasteiger partial charge on any atom is 0.274 e. The minimum absolute atomic E-state index is 0.536. The molecular weight excluding hydrogens is 212 g/mol. The summed E-state index contributed by atoms with van der Waals surface area (Å²) in [4.78, 5) is 0. The Morgan fingerprint density at radius 3 is 2.79 bits per heavy atom. The van der Waals surface area contributed by atoms with Crippen molar-refractivity contribution in [1.29, 1.82) is 0 Å².